The van der Waals surface area contributed by atoms with Crippen molar-refractivity contribution in [1.82, 2.24) is 9.78 Å². The lowest BCUT2D eigenvalue weighted by Gasteiger charge is -2.07. The van der Waals surface area contributed by atoms with E-state index >= 15 is 0 Å². The van der Waals surface area contributed by atoms with Crippen LogP contribution in [0.4, 0.5) is 0 Å². The summed E-state index contributed by atoms with van der Waals surface area (Å²) >= 11 is 0. The molecule has 0 fully saturated rings. The van der Waals surface area contributed by atoms with E-state index in [1.165, 1.54) is 29.1 Å². The monoisotopic (exact) mass is 242 g/mol. The van der Waals surface area contributed by atoms with Crippen LogP contribution in [0, 0.1) is 0 Å². The van der Waals surface area contributed by atoms with Crippen LogP contribution in [-0.4, -0.2) is 9.78 Å². The van der Waals surface area contributed by atoms with Gasteiger partial charge in [-0.15, -0.1) is 0 Å². The average Bonchev–Trinajstić information content (AvgIpc) is 2.98. The summed E-state index contributed by atoms with van der Waals surface area (Å²) in [6.07, 6.45) is 6.62. The molecule has 2 heterocycles. The molecule has 2 aromatic rings. The molecular formula is C15H20N3+. The van der Waals surface area contributed by atoms with E-state index < -0.39 is 0 Å². The topological polar surface area (TPSA) is 21.7 Å². The third-order valence-electron chi connectivity index (χ3n) is 3.80. The molecule has 1 aliphatic heterocycles. The predicted octanol–water partition coefficient (Wildman–Crippen LogP) is 2.23. The maximum Gasteiger partial charge on any atom is 0.278 e. The number of rotatable bonds is 3. The Balaban J connectivity index is 2.14. The van der Waals surface area contributed by atoms with E-state index in [4.69, 9.17) is 5.10 Å². The van der Waals surface area contributed by atoms with Crippen molar-refractivity contribution in [2.24, 2.45) is 0 Å². The fraction of sp³-hybridized carbons (Fsp3) is 0.467. The van der Waals surface area contributed by atoms with Crippen LogP contribution in [0.1, 0.15) is 37.2 Å². The second-order valence-corrected chi connectivity index (χ2v) is 4.91. The first kappa shape index (κ1) is 11.5. The fourth-order valence-corrected chi connectivity index (χ4v) is 2.81. The van der Waals surface area contributed by atoms with Crippen LogP contribution in [0.15, 0.2) is 24.5 Å². The zero-order chi connectivity index (χ0) is 12.5. The Bertz CT molecular complexity index is 525. The molecule has 1 aliphatic rings. The number of aromatic nitrogens is 3. The summed E-state index contributed by atoms with van der Waals surface area (Å²) < 4.78 is 4.37. The summed E-state index contributed by atoms with van der Waals surface area (Å²) in [6, 6.07) is 6.59. The molecule has 3 nitrogen and oxygen atoms in total. The summed E-state index contributed by atoms with van der Waals surface area (Å²) in [5.74, 6) is 1.22. The third kappa shape index (κ3) is 1.74. The molecule has 3 rings (SSSR count). The number of fused-ring (bicyclic) bond motifs is 1. The Morgan fingerprint density at radius 1 is 1.22 bits per heavy atom. The van der Waals surface area contributed by atoms with Gasteiger partial charge in [0.25, 0.3) is 5.82 Å². The summed E-state index contributed by atoms with van der Waals surface area (Å²) in [7, 11) is 0. The highest BCUT2D eigenvalue weighted by atomic mass is 15.4. The van der Waals surface area contributed by atoms with Crippen molar-refractivity contribution in [2.75, 3.05) is 0 Å². The number of benzene rings is 1. The number of hydrogen-bond acceptors (Lipinski definition) is 1. The van der Waals surface area contributed by atoms with Crippen LogP contribution in [0.5, 0.6) is 0 Å². The third-order valence-corrected chi connectivity index (χ3v) is 3.80. The Morgan fingerprint density at radius 3 is 2.56 bits per heavy atom. The first-order chi connectivity index (χ1) is 8.83. The molecule has 0 radical (unpaired) electrons. The highest BCUT2D eigenvalue weighted by molar-refractivity contribution is 5.47. The van der Waals surface area contributed by atoms with E-state index in [0.29, 0.717) is 0 Å². The van der Waals surface area contributed by atoms with Gasteiger partial charge in [0.05, 0.1) is 6.54 Å². The van der Waals surface area contributed by atoms with E-state index in [2.05, 4.69) is 47.6 Å². The second kappa shape index (κ2) is 4.56. The molecule has 0 N–H and O–H groups in total. The summed E-state index contributed by atoms with van der Waals surface area (Å²) in [5.41, 5.74) is 4.07. The van der Waals surface area contributed by atoms with Crippen LogP contribution in [0.25, 0.3) is 5.69 Å². The molecule has 0 aliphatic carbocycles. The molecule has 0 atom stereocenters. The van der Waals surface area contributed by atoms with Crippen LogP contribution in [0.2, 0.25) is 0 Å². The van der Waals surface area contributed by atoms with Crippen LogP contribution >= 0.6 is 0 Å². The van der Waals surface area contributed by atoms with Gasteiger partial charge in [0, 0.05) is 11.5 Å². The zero-order valence-corrected chi connectivity index (χ0v) is 11.2. The number of aryl methyl sites for hydroxylation is 4. The Kier molecular flexibility index (Phi) is 2.90. The molecule has 18 heavy (non-hydrogen) atoms. The van der Waals surface area contributed by atoms with E-state index in [0.717, 1.165) is 25.8 Å². The van der Waals surface area contributed by atoms with E-state index in [9.17, 15) is 0 Å². The lowest BCUT2D eigenvalue weighted by atomic mass is 10.0. The van der Waals surface area contributed by atoms with Gasteiger partial charge in [-0.05, 0) is 30.4 Å². The number of nitrogens with zero attached hydrogens (tertiary/aromatic N) is 3. The molecule has 0 spiro atoms. The molecule has 1 aromatic carbocycles. The first-order valence-corrected chi connectivity index (χ1v) is 6.92. The lowest BCUT2D eigenvalue weighted by Crippen LogP contribution is -2.30. The standard InChI is InChI=1S/C15H20N3/c1-3-12-7-5-8-13(4-2)15(12)18-11-17-10-6-9-14(17)16-18/h5,7-8,11H,3-4,6,9-10H2,1-2H3/q+1. The summed E-state index contributed by atoms with van der Waals surface area (Å²) in [4.78, 5) is 0. The predicted molar refractivity (Wildman–Crippen MR) is 70.8 cm³/mol. The van der Waals surface area contributed by atoms with Gasteiger partial charge in [-0.1, -0.05) is 36.7 Å². The van der Waals surface area contributed by atoms with Gasteiger partial charge in [0.1, 0.15) is 5.69 Å². The molecule has 0 unspecified atom stereocenters. The Labute approximate surface area is 108 Å². The summed E-state index contributed by atoms with van der Waals surface area (Å²) in [6.45, 7) is 5.54. The molecule has 94 valence electrons. The quantitative estimate of drug-likeness (QED) is 0.756. The van der Waals surface area contributed by atoms with Crippen molar-refractivity contribution in [2.45, 2.75) is 46.1 Å². The SMILES string of the molecule is CCc1cccc(CC)c1-n1c[n+]2c(n1)CCC2. The molecular weight excluding hydrogens is 222 g/mol. The van der Waals surface area contributed by atoms with Gasteiger partial charge in [0.15, 0.2) is 0 Å². The lowest BCUT2D eigenvalue weighted by molar-refractivity contribution is -0.691. The fourth-order valence-electron chi connectivity index (χ4n) is 2.81. The first-order valence-electron chi connectivity index (χ1n) is 6.92. The van der Waals surface area contributed by atoms with Gasteiger partial charge in [-0.3, -0.25) is 0 Å². The van der Waals surface area contributed by atoms with Gasteiger partial charge < -0.3 is 0 Å². The largest absolute Gasteiger partial charge is 0.278 e. The van der Waals surface area contributed by atoms with Crippen molar-refractivity contribution >= 4 is 0 Å². The Hall–Kier alpha value is -1.64. The minimum Gasteiger partial charge on any atom is -0.234 e. The van der Waals surface area contributed by atoms with Gasteiger partial charge in [-0.2, -0.15) is 0 Å². The molecule has 0 bridgehead atoms. The molecule has 0 amide bonds. The van der Waals surface area contributed by atoms with Crippen molar-refractivity contribution in [3.05, 3.63) is 41.5 Å². The normalized spacial score (nSPS) is 13.9. The average molecular weight is 242 g/mol. The Morgan fingerprint density at radius 2 is 1.94 bits per heavy atom. The molecule has 1 aromatic heterocycles. The second-order valence-electron chi connectivity index (χ2n) is 4.91. The molecule has 0 saturated carbocycles. The van der Waals surface area contributed by atoms with Gasteiger partial charge in [0.2, 0.25) is 6.33 Å². The van der Waals surface area contributed by atoms with Crippen LogP contribution in [0.3, 0.4) is 0 Å². The highest BCUT2D eigenvalue weighted by Crippen LogP contribution is 2.20. The van der Waals surface area contributed by atoms with E-state index in [1.54, 1.807) is 0 Å². The maximum atomic E-state index is 4.76. The van der Waals surface area contributed by atoms with Crippen LogP contribution < -0.4 is 4.57 Å². The smallest absolute Gasteiger partial charge is 0.234 e. The van der Waals surface area contributed by atoms with Crippen molar-refractivity contribution in [1.29, 1.82) is 0 Å². The highest BCUT2D eigenvalue weighted by Gasteiger charge is 2.24. The van der Waals surface area contributed by atoms with Crippen molar-refractivity contribution in [3.63, 3.8) is 0 Å². The van der Waals surface area contributed by atoms with Gasteiger partial charge >= 0.3 is 0 Å². The van der Waals surface area contributed by atoms with Crippen LogP contribution in [-0.2, 0) is 25.8 Å². The van der Waals surface area contributed by atoms with Crippen molar-refractivity contribution in [3.8, 4) is 5.69 Å². The minimum atomic E-state index is 1.05. The maximum absolute atomic E-state index is 4.76. The van der Waals surface area contributed by atoms with E-state index in [1.807, 2.05) is 0 Å². The van der Waals surface area contributed by atoms with Gasteiger partial charge in [-0.25, -0.2) is 4.57 Å². The number of hydrogen-bond donors (Lipinski definition) is 0. The molecule has 3 heteroatoms. The molecule has 0 saturated heterocycles. The number of para-hydroxylation sites is 1. The van der Waals surface area contributed by atoms with Crippen molar-refractivity contribution < 1.29 is 4.57 Å². The minimum absolute atomic E-state index is 1.05. The zero-order valence-electron chi connectivity index (χ0n) is 11.2. The van der Waals surface area contributed by atoms with E-state index in [-0.39, 0.29) is 0 Å². The summed E-state index contributed by atoms with van der Waals surface area (Å²) in [5, 5.41) is 4.76.